The largest absolute Gasteiger partial charge is 0.490 e. The van der Waals surface area contributed by atoms with Crippen molar-refractivity contribution < 1.29 is 28.2 Å². The minimum atomic E-state index is -0.906. The van der Waals surface area contributed by atoms with Crippen LogP contribution in [0.25, 0.3) is 6.08 Å². The maximum atomic E-state index is 13.2. The van der Waals surface area contributed by atoms with E-state index in [2.05, 4.69) is 11.9 Å². The Bertz CT molecular complexity index is 1030. The molecule has 7 nitrogen and oxygen atoms in total. The smallest absolute Gasteiger partial charge is 0.335 e. The molecule has 0 saturated carbocycles. The maximum absolute atomic E-state index is 13.2. The lowest BCUT2D eigenvalue weighted by atomic mass is 10.1. The minimum Gasteiger partial charge on any atom is -0.490 e. The summed E-state index contributed by atoms with van der Waals surface area (Å²) in [5.41, 5.74) is 0.387. The van der Waals surface area contributed by atoms with Gasteiger partial charge in [0.2, 0.25) is 0 Å². The van der Waals surface area contributed by atoms with Crippen LogP contribution in [0.5, 0.6) is 11.5 Å². The molecule has 0 atom stereocenters. The molecule has 4 amide bonds. The Kier molecular flexibility index (Phi) is 6.26. The van der Waals surface area contributed by atoms with Crippen LogP contribution in [0.4, 0.5) is 14.9 Å². The first-order valence-corrected chi connectivity index (χ1v) is 9.12. The van der Waals surface area contributed by atoms with Gasteiger partial charge in [-0.15, -0.1) is 0 Å². The Balaban J connectivity index is 1.96. The van der Waals surface area contributed by atoms with Crippen molar-refractivity contribution in [3.63, 3.8) is 0 Å². The minimum absolute atomic E-state index is 0.139. The monoisotopic (exact) mass is 410 g/mol. The molecule has 1 aliphatic rings. The van der Waals surface area contributed by atoms with E-state index in [4.69, 9.17) is 9.47 Å². The van der Waals surface area contributed by atoms with E-state index in [9.17, 15) is 18.8 Å². The van der Waals surface area contributed by atoms with E-state index < -0.39 is 23.7 Å². The van der Waals surface area contributed by atoms with E-state index in [0.717, 1.165) is 17.0 Å². The molecule has 0 unspecified atom stereocenters. The van der Waals surface area contributed by atoms with Crippen LogP contribution in [0.2, 0.25) is 0 Å². The average molecular weight is 410 g/mol. The van der Waals surface area contributed by atoms with Gasteiger partial charge in [-0.2, -0.15) is 0 Å². The van der Waals surface area contributed by atoms with Crippen molar-refractivity contribution in [1.82, 2.24) is 5.32 Å². The highest BCUT2D eigenvalue weighted by molar-refractivity contribution is 6.39. The van der Waals surface area contributed by atoms with Crippen molar-refractivity contribution in [1.29, 1.82) is 0 Å². The SMILES string of the molecule is C=CCOc1ccc(/C=C2\C(=O)NC(=O)N(c3ccc(F)cc3)C2=O)cc1OCC. The Morgan fingerprint density at radius 1 is 1.07 bits per heavy atom. The molecule has 3 rings (SSSR count). The Labute approximate surface area is 172 Å². The lowest BCUT2D eigenvalue weighted by Crippen LogP contribution is -2.54. The summed E-state index contributed by atoms with van der Waals surface area (Å²) in [5.74, 6) is -1.24. The van der Waals surface area contributed by atoms with E-state index in [1.807, 2.05) is 6.92 Å². The van der Waals surface area contributed by atoms with Crippen molar-refractivity contribution in [2.75, 3.05) is 18.1 Å². The summed E-state index contributed by atoms with van der Waals surface area (Å²) in [4.78, 5) is 38.1. The number of barbiturate groups is 1. The fourth-order valence-electron chi connectivity index (χ4n) is 2.80. The van der Waals surface area contributed by atoms with Gasteiger partial charge >= 0.3 is 6.03 Å². The zero-order valence-corrected chi connectivity index (χ0v) is 16.2. The number of rotatable bonds is 7. The van der Waals surface area contributed by atoms with Gasteiger partial charge in [-0.3, -0.25) is 14.9 Å². The standard InChI is InChI=1S/C22H19FN2O5/c1-3-11-30-18-10-5-14(13-19(18)29-4-2)12-17-20(26)24-22(28)25(21(17)27)16-8-6-15(23)7-9-16/h3,5-10,12-13H,1,4,11H2,2H3,(H,24,26,28)/b17-12+. The molecule has 1 fully saturated rings. The van der Waals surface area contributed by atoms with Gasteiger partial charge in [0.25, 0.3) is 11.8 Å². The van der Waals surface area contributed by atoms with Crippen LogP contribution < -0.4 is 19.7 Å². The number of hydrogen-bond acceptors (Lipinski definition) is 5. The van der Waals surface area contributed by atoms with E-state index in [0.29, 0.717) is 23.7 Å². The quantitative estimate of drug-likeness (QED) is 0.429. The third kappa shape index (κ3) is 4.38. The number of halogens is 1. The normalized spacial score (nSPS) is 15.2. The zero-order valence-electron chi connectivity index (χ0n) is 16.2. The molecular formula is C22H19FN2O5. The van der Waals surface area contributed by atoms with Crippen molar-refractivity contribution in [3.8, 4) is 11.5 Å². The van der Waals surface area contributed by atoms with Crippen LogP contribution in [-0.4, -0.2) is 31.1 Å². The molecule has 2 aromatic rings. The molecule has 0 radical (unpaired) electrons. The van der Waals surface area contributed by atoms with Gasteiger partial charge in [-0.05, 0) is 55.0 Å². The summed E-state index contributed by atoms with van der Waals surface area (Å²) < 4.78 is 24.3. The van der Waals surface area contributed by atoms with Gasteiger partial charge in [0.05, 0.1) is 12.3 Å². The topological polar surface area (TPSA) is 84.9 Å². The van der Waals surface area contributed by atoms with Gasteiger partial charge in [0.1, 0.15) is 18.0 Å². The molecule has 30 heavy (non-hydrogen) atoms. The van der Waals surface area contributed by atoms with Crippen LogP contribution in [0, 0.1) is 5.82 Å². The van der Waals surface area contributed by atoms with E-state index >= 15 is 0 Å². The number of anilines is 1. The third-order valence-corrected chi connectivity index (χ3v) is 4.12. The number of carbonyl (C=O) groups excluding carboxylic acids is 3. The van der Waals surface area contributed by atoms with Crippen molar-refractivity contribution in [2.45, 2.75) is 6.92 Å². The summed E-state index contributed by atoms with van der Waals surface area (Å²) in [5, 5.41) is 2.12. The second kappa shape index (κ2) is 9.04. The van der Waals surface area contributed by atoms with Gasteiger partial charge in [-0.1, -0.05) is 18.7 Å². The highest BCUT2D eigenvalue weighted by Crippen LogP contribution is 2.30. The first-order valence-electron chi connectivity index (χ1n) is 9.12. The molecule has 0 bridgehead atoms. The van der Waals surface area contributed by atoms with E-state index in [1.54, 1.807) is 24.3 Å². The number of benzene rings is 2. The molecule has 1 saturated heterocycles. The van der Waals surface area contributed by atoms with E-state index in [1.165, 1.54) is 18.2 Å². The summed E-state index contributed by atoms with van der Waals surface area (Å²) >= 11 is 0. The predicted octanol–water partition coefficient (Wildman–Crippen LogP) is 3.46. The van der Waals surface area contributed by atoms with E-state index in [-0.39, 0.29) is 17.9 Å². The fraction of sp³-hybridized carbons (Fsp3) is 0.136. The van der Waals surface area contributed by atoms with Crippen LogP contribution in [0.15, 0.2) is 60.7 Å². The van der Waals surface area contributed by atoms with Gasteiger partial charge in [0, 0.05) is 0 Å². The Morgan fingerprint density at radius 3 is 2.47 bits per heavy atom. The number of nitrogens with zero attached hydrogens (tertiary/aromatic N) is 1. The molecule has 0 aliphatic carbocycles. The lowest BCUT2D eigenvalue weighted by molar-refractivity contribution is -0.122. The number of imide groups is 2. The van der Waals surface area contributed by atoms with Crippen LogP contribution >= 0.6 is 0 Å². The second-order valence-electron chi connectivity index (χ2n) is 6.17. The zero-order chi connectivity index (χ0) is 21.7. The number of amides is 4. The maximum Gasteiger partial charge on any atom is 0.335 e. The molecule has 154 valence electrons. The summed E-state index contributed by atoms with van der Waals surface area (Å²) in [6.07, 6.45) is 2.94. The number of urea groups is 1. The van der Waals surface area contributed by atoms with Gasteiger partial charge in [0.15, 0.2) is 11.5 Å². The molecule has 0 spiro atoms. The second-order valence-corrected chi connectivity index (χ2v) is 6.17. The van der Waals surface area contributed by atoms with Gasteiger partial charge < -0.3 is 9.47 Å². The first-order chi connectivity index (χ1) is 14.4. The van der Waals surface area contributed by atoms with Crippen molar-refractivity contribution in [3.05, 3.63) is 72.1 Å². The fourth-order valence-corrected chi connectivity index (χ4v) is 2.80. The van der Waals surface area contributed by atoms with Crippen molar-refractivity contribution >= 4 is 29.6 Å². The molecule has 1 N–H and O–H groups in total. The van der Waals surface area contributed by atoms with Crippen LogP contribution in [0.1, 0.15) is 12.5 Å². The molecule has 8 heteroatoms. The summed E-state index contributed by atoms with van der Waals surface area (Å²) in [6, 6.07) is 8.80. The van der Waals surface area contributed by atoms with Crippen LogP contribution in [0.3, 0.4) is 0 Å². The summed E-state index contributed by atoms with van der Waals surface area (Å²) in [7, 11) is 0. The predicted molar refractivity (Wildman–Crippen MR) is 109 cm³/mol. The van der Waals surface area contributed by atoms with Crippen LogP contribution in [-0.2, 0) is 9.59 Å². The molecule has 1 heterocycles. The molecule has 2 aromatic carbocycles. The van der Waals surface area contributed by atoms with Crippen molar-refractivity contribution in [2.24, 2.45) is 0 Å². The number of ether oxygens (including phenoxy) is 2. The number of hydrogen-bond donors (Lipinski definition) is 1. The number of carbonyl (C=O) groups is 3. The highest BCUT2D eigenvalue weighted by Gasteiger charge is 2.36. The highest BCUT2D eigenvalue weighted by atomic mass is 19.1. The molecule has 1 aliphatic heterocycles. The molecule has 0 aromatic heterocycles. The molecular weight excluding hydrogens is 391 g/mol. The summed E-state index contributed by atoms with van der Waals surface area (Å²) in [6.45, 7) is 6.08. The lowest BCUT2D eigenvalue weighted by Gasteiger charge is -2.26. The first kappa shape index (κ1) is 20.8. The Morgan fingerprint density at radius 2 is 1.80 bits per heavy atom. The average Bonchev–Trinajstić information content (AvgIpc) is 2.72. The Hall–Kier alpha value is -3.94. The number of nitrogens with one attached hydrogen (secondary N) is 1. The van der Waals surface area contributed by atoms with Gasteiger partial charge in [-0.25, -0.2) is 14.1 Å². The third-order valence-electron chi connectivity index (χ3n) is 4.12.